The summed E-state index contributed by atoms with van der Waals surface area (Å²) in [6.07, 6.45) is 6.06. The number of benzene rings is 2. The highest BCUT2D eigenvalue weighted by molar-refractivity contribution is 5.94. The standard InChI is InChI=1S/C18H16F2N4O.C18H17FN4O/c1-18(2)11-24(17(25)23(18)3)16-21-9-12(10-22-16)4-5-13-8-14(19)6-7-15(13)20;1-18(2)12-23(17(24)22(18)3)16-20-10-14(11-21-16)5-4-13-6-8-15(19)9-7-13/h6-10H,11H2,1-3H3;6-11H,12H2,1-3H3. The van der Waals surface area contributed by atoms with E-state index in [0.29, 0.717) is 35.7 Å². The Balaban J connectivity index is 0.000000191. The van der Waals surface area contributed by atoms with Crippen molar-refractivity contribution in [1.29, 1.82) is 0 Å². The summed E-state index contributed by atoms with van der Waals surface area (Å²) in [5, 5.41) is 0. The molecule has 2 fully saturated rings. The fourth-order valence-electron chi connectivity index (χ4n) is 4.77. The molecule has 4 heterocycles. The highest BCUT2D eigenvalue weighted by Gasteiger charge is 2.43. The Kier molecular flexibility index (Phi) is 9.58. The third-order valence-corrected chi connectivity index (χ3v) is 8.17. The van der Waals surface area contributed by atoms with Gasteiger partial charge in [-0.3, -0.25) is 9.80 Å². The zero-order chi connectivity index (χ0) is 35.5. The summed E-state index contributed by atoms with van der Waals surface area (Å²) >= 11 is 0. The molecular formula is C36H33F3N8O2. The zero-order valence-corrected chi connectivity index (χ0v) is 27.8. The van der Waals surface area contributed by atoms with Crippen molar-refractivity contribution in [3.8, 4) is 23.7 Å². The Morgan fingerprint density at radius 1 is 0.592 bits per heavy atom. The highest BCUT2D eigenvalue weighted by atomic mass is 19.1. The molecule has 0 spiro atoms. The molecule has 4 aromatic rings. The molecule has 0 atom stereocenters. The number of likely N-dealkylation sites (N-methyl/N-ethyl adjacent to an activating group) is 2. The number of carbonyl (C=O) groups excluding carboxylic acids is 2. The molecule has 0 saturated carbocycles. The van der Waals surface area contributed by atoms with Crippen LogP contribution in [-0.2, 0) is 0 Å². The van der Waals surface area contributed by atoms with Gasteiger partial charge >= 0.3 is 12.1 Å². The molecule has 49 heavy (non-hydrogen) atoms. The summed E-state index contributed by atoms with van der Waals surface area (Å²) in [7, 11) is 3.50. The second kappa shape index (κ2) is 13.6. The number of carbonyl (C=O) groups is 2. The van der Waals surface area contributed by atoms with E-state index < -0.39 is 11.6 Å². The Labute approximate surface area is 282 Å². The van der Waals surface area contributed by atoms with E-state index in [0.717, 1.165) is 18.2 Å². The van der Waals surface area contributed by atoms with Gasteiger partial charge < -0.3 is 9.80 Å². The molecular weight excluding hydrogens is 633 g/mol. The monoisotopic (exact) mass is 666 g/mol. The zero-order valence-electron chi connectivity index (χ0n) is 27.8. The minimum Gasteiger partial charge on any atom is -0.320 e. The quantitative estimate of drug-likeness (QED) is 0.263. The first-order chi connectivity index (χ1) is 23.1. The van der Waals surface area contributed by atoms with Crippen molar-refractivity contribution >= 4 is 24.0 Å². The SMILES string of the molecule is CN1C(=O)N(c2ncc(C#Cc3cc(F)ccc3F)cn2)CC1(C)C.CN1C(=O)N(c2ncc(C#Cc3ccc(F)cc3)cn2)CC1(C)C. The fraction of sp³-hybridized carbons (Fsp3) is 0.278. The molecule has 4 amide bonds. The Morgan fingerprint density at radius 3 is 1.43 bits per heavy atom. The smallest absolute Gasteiger partial charge is 0.320 e. The molecule has 0 N–H and O–H groups in total. The number of hydrogen-bond acceptors (Lipinski definition) is 6. The molecule has 250 valence electrons. The number of urea groups is 2. The van der Waals surface area contributed by atoms with E-state index in [9.17, 15) is 22.8 Å². The Hall–Kier alpha value is -5.95. The summed E-state index contributed by atoms with van der Waals surface area (Å²) in [5.41, 5.74) is 1.16. The summed E-state index contributed by atoms with van der Waals surface area (Å²) in [5.74, 6) is 10.3. The van der Waals surface area contributed by atoms with Crippen molar-refractivity contribution in [2.24, 2.45) is 0 Å². The normalized spacial score (nSPS) is 16.0. The number of anilines is 2. The Morgan fingerprint density at radius 2 is 1.00 bits per heavy atom. The van der Waals surface area contributed by atoms with Gasteiger partial charge in [-0.15, -0.1) is 0 Å². The average molecular weight is 667 g/mol. The van der Waals surface area contributed by atoms with Gasteiger partial charge in [-0.05, 0) is 70.2 Å². The van der Waals surface area contributed by atoms with E-state index in [4.69, 9.17) is 0 Å². The van der Waals surface area contributed by atoms with E-state index in [1.807, 2.05) is 27.7 Å². The van der Waals surface area contributed by atoms with Crippen LogP contribution in [0.1, 0.15) is 49.9 Å². The van der Waals surface area contributed by atoms with Gasteiger partial charge in [0.1, 0.15) is 17.5 Å². The first kappa shape index (κ1) is 34.4. The first-order valence-corrected chi connectivity index (χ1v) is 15.1. The van der Waals surface area contributed by atoms with E-state index in [1.54, 1.807) is 53.3 Å². The number of hydrogen-bond donors (Lipinski definition) is 0. The topological polar surface area (TPSA) is 98.7 Å². The van der Waals surface area contributed by atoms with Crippen molar-refractivity contribution in [2.75, 3.05) is 37.0 Å². The van der Waals surface area contributed by atoms with Gasteiger partial charge in [0.05, 0.1) is 40.9 Å². The predicted octanol–water partition coefficient (Wildman–Crippen LogP) is 5.47. The van der Waals surface area contributed by atoms with Crippen LogP contribution in [0.5, 0.6) is 0 Å². The fourth-order valence-corrected chi connectivity index (χ4v) is 4.77. The maximum atomic E-state index is 13.5. The van der Waals surface area contributed by atoms with Gasteiger partial charge in [0.25, 0.3) is 0 Å². The lowest BCUT2D eigenvalue weighted by atomic mass is 10.1. The molecule has 13 heteroatoms. The lowest BCUT2D eigenvalue weighted by molar-refractivity contribution is 0.197. The van der Waals surface area contributed by atoms with Crippen LogP contribution in [0.2, 0.25) is 0 Å². The maximum absolute atomic E-state index is 13.5. The van der Waals surface area contributed by atoms with Gasteiger partial charge in [0, 0.05) is 44.4 Å². The van der Waals surface area contributed by atoms with Crippen molar-refractivity contribution in [1.82, 2.24) is 29.7 Å². The van der Waals surface area contributed by atoms with Gasteiger partial charge in [0.15, 0.2) is 0 Å². The Bertz CT molecular complexity index is 2000. The van der Waals surface area contributed by atoms with Crippen LogP contribution in [0, 0.1) is 41.1 Å². The third-order valence-electron chi connectivity index (χ3n) is 8.17. The molecule has 2 aromatic heterocycles. The van der Waals surface area contributed by atoms with Crippen LogP contribution < -0.4 is 9.80 Å². The lowest BCUT2D eigenvalue weighted by Crippen LogP contribution is -2.38. The number of aromatic nitrogens is 4. The van der Waals surface area contributed by atoms with Crippen molar-refractivity contribution in [3.05, 3.63) is 107 Å². The number of amides is 4. The molecule has 0 radical (unpaired) electrons. The van der Waals surface area contributed by atoms with E-state index in [2.05, 4.69) is 43.6 Å². The first-order valence-electron chi connectivity index (χ1n) is 15.1. The molecule has 6 rings (SSSR count). The number of nitrogens with zero attached hydrogens (tertiary/aromatic N) is 8. The van der Waals surface area contributed by atoms with Crippen LogP contribution >= 0.6 is 0 Å². The number of halogens is 3. The molecule has 0 bridgehead atoms. The van der Waals surface area contributed by atoms with Crippen LogP contribution in [0.4, 0.5) is 34.7 Å². The molecule has 0 aliphatic carbocycles. The van der Waals surface area contributed by atoms with Gasteiger partial charge in [-0.25, -0.2) is 42.7 Å². The minimum atomic E-state index is -0.598. The van der Waals surface area contributed by atoms with Gasteiger partial charge in [-0.2, -0.15) is 0 Å². The van der Waals surface area contributed by atoms with Crippen molar-refractivity contribution in [3.63, 3.8) is 0 Å². The summed E-state index contributed by atoms with van der Waals surface area (Å²) in [6, 6.07) is 8.73. The molecule has 0 unspecified atom stereocenters. The third kappa shape index (κ3) is 7.79. The highest BCUT2D eigenvalue weighted by Crippen LogP contribution is 2.28. The molecule has 2 aromatic carbocycles. The molecule has 10 nitrogen and oxygen atoms in total. The average Bonchev–Trinajstić information content (AvgIpc) is 3.42. The molecule has 2 aliphatic heterocycles. The summed E-state index contributed by atoms with van der Waals surface area (Å²) in [6.45, 7) is 8.91. The summed E-state index contributed by atoms with van der Waals surface area (Å²) < 4.78 is 39.5. The molecule has 2 saturated heterocycles. The maximum Gasteiger partial charge on any atom is 0.327 e. The second-order valence-electron chi connectivity index (χ2n) is 12.7. The van der Waals surface area contributed by atoms with E-state index in [-0.39, 0.29) is 40.5 Å². The van der Waals surface area contributed by atoms with E-state index in [1.165, 1.54) is 29.4 Å². The number of rotatable bonds is 2. The largest absolute Gasteiger partial charge is 0.327 e. The predicted molar refractivity (Wildman–Crippen MR) is 178 cm³/mol. The second-order valence-corrected chi connectivity index (χ2v) is 12.7. The van der Waals surface area contributed by atoms with Crippen LogP contribution in [0.15, 0.2) is 67.3 Å². The van der Waals surface area contributed by atoms with Crippen molar-refractivity contribution < 1.29 is 22.8 Å². The van der Waals surface area contributed by atoms with Crippen LogP contribution in [-0.4, -0.2) is 80.1 Å². The van der Waals surface area contributed by atoms with E-state index >= 15 is 0 Å². The van der Waals surface area contributed by atoms with Crippen LogP contribution in [0.3, 0.4) is 0 Å². The van der Waals surface area contributed by atoms with Crippen LogP contribution in [0.25, 0.3) is 0 Å². The van der Waals surface area contributed by atoms with Gasteiger partial charge in [-0.1, -0.05) is 23.7 Å². The lowest BCUT2D eigenvalue weighted by Gasteiger charge is -2.24. The van der Waals surface area contributed by atoms with Gasteiger partial charge in [0.2, 0.25) is 11.9 Å². The summed E-state index contributed by atoms with van der Waals surface area (Å²) in [4.78, 5) is 47.7. The minimum absolute atomic E-state index is 0.0397. The van der Waals surface area contributed by atoms with Crippen molar-refractivity contribution in [2.45, 2.75) is 38.8 Å². The molecule has 2 aliphatic rings.